The molecule has 0 amide bonds. The van der Waals surface area contributed by atoms with Gasteiger partial charge < -0.3 is 9.21 Å². The quantitative estimate of drug-likeness (QED) is 0.518. The Bertz CT molecular complexity index is 199. The molecule has 1 atom stereocenters. The van der Waals surface area contributed by atoms with Crippen LogP contribution in [0.1, 0.15) is 0 Å². The molecule has 68 valence electrons. The van der Waals surface area contributed by atoms with Gasteiger partial charge in [-0.25, -0.2) is 0 Å². The lowest BCUT2D eigenvalue weighted by Crippen LogP contribution is -3.09. The topological polar surface area (TPSA) is 41.8 Å². The van der Waals surface area contributed by atoms with Gasteiger partial charge in [0.1, 0.15) is 0 Å². The standard InChI is InChI=1S/C6H16N2O2S/c1-7(2)5-6-8(3)11(4,9)10/h8H,3,5-6H2,1-2,4H3. The van der Waals surface area contributed by atoms with Crippen LogP contribution in [0.5, 0.6) is 0 Å². The van der Waals surface area contributed by atoms with Gasteiger partial charge in [-0.2, -0.15) is 8.42 Å². The molecule has 11 heavy (non-hydrogen) atoms. The van der Waals surface area contributed by atoms with Crippen LogP contribution in [0, 0.1) is 7.05 Å². The second kappa shape index (κ2) is 4.04. The van der Waals surface area contributed by atoms with Gasteiger partial charge in [-0.05, 0) is 14.1 Å². The summed E-state index contributed by atoms with van der Waals surface area (Å²) in [5, 5.41) is 0. The zero-order valence-corrected chi connectivity index (χ0v) is 8.11. The molecule has 0 aliphatic carbocycles. The minimum atomic E-state index is -3.02. The first-order valence-corrected chi connectivity index (χ1v) is 5.25. The van der Waals surface area contributed by atoms with Crippen molar-refractivity contribution in [2.75, 3.05) is 33.4 Å². The van der Waals surface area contributed by atoms with Crippen molar-refractivity contribution < 1.29 is 12.7 Å². The predicted octanol–water partition coefficient (Wildman–Crippen LogP) is -1.82. The third kappa shape index (κ3) is 5.17. The number of nitrogens with one attached hydrogen (secondary N) is 1. The number of nitrogens with zero attached hydrogens (tertiary/aromatic N) is 1. The number of rotatable bonds is 4. The van der Waals surface area contributed by atoms with Gasteiger partial charge in [-0.1, -0.05) is 0 Å². The number of hydrogen-bond donors (Lipinski definition) is 1. The average molecular weight is 180 g/mol. The van der Waals surface area contributed by atoms with E-state index in [4.69, 9.17) is 0 Å². The lowest BCUT2D eigenvalue weighted by atomic mass is 10.6. The van der Waals surface area contributed by atoms with Crippen molar-refractivity contribution in [1.29, 1.82) is 0 Å². The van der Waals surface area contributed by atoms with Crippen molar-refractivity contribution in [3.63, 3.8) is 0 Å². The minimum Gasteiger partial charge on any atom is -0.360 e. The first-order valence-electron chi connectivity index (χ1n) is 3.36. The van der Waals surface area contributed by atoms with Crippen molar-refractivity contribution in [2.45, 2.75) is 0 Å². The lowest BCUT2D eigenvalue weighted by Gasteiger charge is -2.19. The second-order valence-corrected chi connectivity index (χ2v) is 4.99. The van der Waals surface area contributed by atoms with Gasteiger partial charge >= 0.3 is 0 Å². The Labute approximate surface area is 68.8 Å². The van der Waals surface area contributed by atoms with E-state index >= 15 is 0 Å². The maximum atomic E-state index is 10.8. The van der Waals surface area contributed by atoms with Crippen molar-refractivity contribution in [2.24, 2.45) is 0 Å². The summed E-state index contributed by atoms with van der Waals surface area (Å²) in [6.45, 7) is 1.25. The maximum Gasteiger partial charge on any atom is 0.268 e. The largest absolute Gasteiger partial charge is 0.360 e. The van der Waals surface area contributed by atoms with Crippen LogP contribution in [0.25, 0.3) is 0 Å². The van der Waals surface area contributed by atoms with Crippen LogP contribution < -0.4 is 4.31 Å². The Morgan fingerprint density at radius 3 is 2.18 bits per heavy atom. The zero-order chi connectivity index (χ0) is 9.07. The van der Waals surface area contributed by atoms with E-state index in [0.29, 0.717) is 10.8 Å². The zero-order valence-electron chi connectivity index (χ0n) is 7.29. The summed E-state index contributed by atoms with van der Waals surface area (Å²) in [4.78, 5) is 1.93. The SMILES string of the molecule is [CH2-][NH+](CCN(C)C)S(C)(=O)=O. The van der Waals surface area contributed by atoms with Crippen molar-refractivity contribution >= 4 is 10.0 Å². The third-order valence-electron chi connectivity index (χ3n) is 1.36. The van der Waals surface area contributed by atoms with E-state index in [1.165, 1.54) is 6.26 Å². The van der Waals surface area contributed by atoms with Crippen LogP contribution >= 0.6 is 0 Å². The molecule has 0 aromatic carbocycles. The fraction of sp³-hybridized carbons (Fsp3) is 0.833. The van der Waals surface area contributed by atoms with Gasteiger partial charge in [0.15, 0.2) is 0 Å². The summed E-state index contributed by atoms with van der Waals surface area (Å²) in [7, 11) is 4.26. The summed E-state index contributed by atoms with van der Waals surface area (Å²) >= 11 is 0. The van der Waals surface area contributed by atoms with Crippen molar-refractivity contribution in [3.8, 4) is 0 Å². The minimum absolute atomic E-state index is 0.311. The molecule has 5 heteroatoms. The molecule has 0 spiro atoms. The van der Waals surface area contributed by atoms with Gasteiger partial charge in [-0.3, -0.25) is 0 Å². The van der Waals surface area contributed by atoms with Gasteiger partial charge in [0, 0.05) is 6.54 Å². The van der Waals surface area contributed by atoms with E-state index in [2.05, 4.69) is 7.05 Å². The molecule has 0 heterocycles. The van der Waals surface area contributed by atoms with Crippen molar-refractivity contribution in [1.82, 2.24) is 4.90 Å². The fourth-order valence-corrected chi connectivity index (χ4v) is 0.996. The molecule has 0 aromatic heterocycles. The second-order valence-electron chi connectivity index (χ2n) is 2.86. The van der Waals surface area contributed by atoms with Crippen LogP contribution in [0.15, 0.2) is 0 Å². The molecular weight excluding hydrogens is 164 g/mol. The van der Waals surface area contributed by atoms with Gasteiger partial charge in [0.2, 0.25) is 0 Å². The molecule has 0 rings (SSSR count). The Kier molecular flexibility index (Phi) is 3.99. The predicted molar refractivity (Wildman–Crippen MR) is 44.6 cm³/mol. The van der Waals surface area contributed by atoms with E-state index in [-0.39, 0.29) is 0 Å². The Hall–Kier alpha value is -0.130. The highest BCUT2D eigenvalue weighted by Gasteiger charge is 2.08. The van der Waals surface area contributed by atoms with Crippen LogP contribution in [0.4, 0.5) is 0 Å². The van der Waals surface area contributed by atoms with E-state index < -0.39 is 10.0 Å². The highest BCUT2D eigenvalue weighted by molar-refractivity contribution is 7.84. The molecule has 0 bridgehead atoms. The number of likely N-dealkylation sites (N-methyl/N-ethyl adjacent to an activating group) is 1. The molecule has 1 unspecified atom stereocenters. The molecule has 1 N–H and O–H groups in total. The van der Waals surface area contributed by atoms with E-state index in [1.54, 1.807) is 0 Å². The molecular formula is C6H16N2O2S. The third-order valence-corrected chi connectivity index (χ3v) is 2.62. The first-order chi connectivity index (χ1) is 4.84. The fourth-order valence-electron chi connectivity index (χ4n) is 0.534. The summed E-state index contributed by atoms with van der Waals surface area (Å²) in [6.07, 6.45) is 1.19. The van der Waals surface area contributed by atoms with E-state index in [9.17, 15) is 8.42 Å². The molecule has 0 aliphatic heterocycles. The summed E-state index contributed by atoms with van der Waals surface area (Å²) in [5.41, 5.74) is 0. The van der Waals surface area contributed by atoms with Gasteiger partial charge in [-0.15, -0.1) is 7.05 Å². The van der Waals surface area contributed by atoms with E-state index in [0.717, 1.165) is 6.54 Å². The van der Waals surface area contributed by atoms with Crippen LogP contribution in [-0.2, 0) is 10.0 Å². The molecule has 0 radical (unpaired) electrons. The number of sulfonamides is 1. The normalized spacial score (nSPS) is 15.4. The summed E-state index contributed by atoms with van der Waals surface area (Å²) in [6, 6.07) is 0. The molecule has 0 fully saturated rings. The smallest absolute Gasteiger partial charge is 0.268 e. The Balaban J connectivity index is 3.81. The van der Waals surface area contributed by atoms with Crippen LogP contribution in [-0.4, -0.2) is 46.8 Å². The number of hydrogen-bond acceptors (Lipinski definition) is 3. The monoisotopic (exact) mass is 180 g/mol. The molecule has 0 aromatic rings. The lowest BCUT2D eigenvalue weighted by molar-refractivity contribution is -0.712. The maximum absolute atomic E-state index is 10.8. The summed E-state index contributed by atoms with van der Waals surface area (Å²) < 4.78 is 22.0. The van der Waals surface area contributed by atoms with Gasteiger partial charge in [0.05, 0.1) is 12.8 Å². The molecule has 0 aliphatic rings. The first kappa shape index (κ1) is 10.9. The van der Waals surface area contributed by atoms with E-state index in [1.807, 2.05) is 19.0 Å². The molecule has 0 saturated carbocycles. The Morgan fingerprint density at radius 1 is 1.45 bits per heavy atom. The van der Waals surface area contributed by atoms with Crippen molar-refractivity contribution in [3.05, 3.63) is 7.05 Å². The number of quaternary nitrogens is 1. The highest BCUT2D eigenvalue weighted by atomic mass is 32.2. The Morgan fingerprint density at radius 2 is 1.91 bits per heavy atom. The highest BCUT2D eigenvalue weighted by Crippen LogP contribution is 1.69. The van der Waals surface area contributed by atoms with Crippen LogP contribution in [0.2, 0.25) is 0 Å². The van der Waals surface area contributed by atoms with Crippen LogP contribution in [0.3, 0.4) is 0 Å². The molecule has 0 saturated heterocycles. The summed E-state index contributed by atoms with van der Waals surface area (Å²) in [5.74, 6) is 0. The average Bonchev–Trinajstić information content (AvgIpc) is 1.80. The van der Waals surface area contributed by atoms with Gasteiger partial charge in [0.25, 0.3) is 10.0 Å². The molecule has 4 nitrogen and oxygen atoms in total.